The van der Waals surface area contributed by atoms with Crippen LogP contribution in [0.5, 0.6) is 0 Å². The predicted octanol–water partition coefficient (Wildman–Crippen LogP) is 4.91. The molecule has 2 aromatic heterocycles. The highest BCUT2D eigenvalue weighted by atomic mass is 35.5. The molecule has 0 fully saturated rings. The Morgan fingerprint density at radius 3 is 2.78 bits per heavy atom. The van der Waals surface area contributed by atoms with Gasteiger partial charge in [-0.25, -0.2) is 4.79 Å². The summed E-state index contributed by atoms with van der Waals surface area (Å²) in [6.07, 6.45) is 3.20. The number of hydrogen-bond donors (Lipinski definition) is 0. The number of ether oxygens (including phenoxy) is 1. The first-order chi connectivity index (χ1) is 12.9. The number of carbonyl (C=O) groups excluding carboxylic acids is 2. The number of methoxy groups -OCH3 is 1. The van der Waals surface area contributed by atoms with Crippen LogP contribution < -0.4 is 0 Å². The first-order valence-corrected chi connectivity index (χ1v) is 9.38. The number of halogens is 1. The van der Waals surface area contributed by atoms with Crippen LogP contribution in [0, 0.1) is 6.92 Å². The molecule has 2 heterocycles. The molecule has 0 atom stereocenters. The highest BCUT2D eigenvalue weighted by Gasteiger charge is 2.17. The minimum atomic E-state index is -0.462. The molecular weight excluding hydrogens is 386 g/mol. The number of aryl methyl sites for hydroxylation is 1. The molecule has 0 saturated heterocycles. The molecule has 1 amide bonds. The summed E-state index contributed by atoms with van der Waals surface area (Å²) in [5, 5.41) is 1.62. The molecule has 0 spiro atoms. The standard InChI is InChI=1S/C20H18ClNO4S/c1-12-15(20(24)25-3)10-13(26-12)11-22(2)18(23)9-8-17-19(21)14-6-4-5-7-16(14)27-17/h4-10H,11H2,1-3H3/b9-8+. The van der Waals surface area contributed by atoms with Gasteiger partial charge in [-0.2, -0.15) is 0 Å². The van der Waals surface area contributed by atoms with E-state index >= 15 is 0 Å². The molecule has 0 aliphatic heterocycles. The van der Waals surface area contributed by atoms with Crippen molar-refractivity contribution in [3.05, 3.63) is 63.4 Å². The number of benzene rings is 1. The Morgan fingerprint density at radius 1 is 1.33 bits per heavy atom. The van der Waals surface area contributed by atoms with Crippen LogP contribution >= 0.6 is 22.9 Å². The molecule has 3 rings (SSSR count). The van der Waals surface area contributed by atoms with Crippen LogP contribution in [-0.4, -0.2) is 30.9 Å². The second-order valence-electron chi connectivity index (χ2n) is 5.98. The van der Waals surface area contributed by atoms with Crippen molar-refractivity contribution in [2.24, 2.45) is 0 Å². The lowest BCUT2D eigenvalue weighted by Crippen LogP contribution is -2.23. The minimum Gasteiger partial charge on any atom is -0.465 e. The van der Waals surface area contributed by atoms with Gasteiger partial charge >= 0.3 is 5.97 Å². The summed E-state index contributed by atoms with van der Waals surface area (Å²) in [5.74, 6) is 0.315. The maximum absolute atomic E-state index is 12.4. The molecule has 0 radical (unpaired) electrons. The Labute approximate surface area is 165 Å². The van der Waals surface area contributed by atoms with Crippen molar-refractivity contribution in [3.63, 3.8) is 0 Å². The van der Waals surface area contributed by atoms with Crippen LogP contribution in [0.1, 0.15) is 26.8 Å². The molecule has 3 aromatic rings. The van der Waals surface area contributed by atoms with Crippen molar-refractivity contribution in [3.8, 4) is 0 Å². The van der Waals surface area contributed by atoms with E-state index in [2.05, 4.69) is 0 Å². The fraction of sp³-hybridized carbons (Fsp3) is 0.200. The first kappa shape index (κ1) is 19.2. The molecule has 0 N–H and O–H groups in total. The third-order valence-corrected chi connectivity index (χ3v) is 5.74. The Kier molecular flexibility index (Phi) is 5.68. The summed E-state index contributed by atoms with van der Waals surface area (Å²) in [6.45, 7) is 1.92. The number of likely N-dealkylation sites (N-methyl/N-ethyl adjacent to an activating group) is 1. The van der Waals surface area contributed by atoms with E-state index in [1.165, 1.54) is 29.4 Å². The number of furan rings is 1. The molecule has 0 bridgehead atoms. The predicted molar refractivity (Wildman–Crippen MR) is 107 cm³/mol. The van der Waals surface area contributed by atoms with E-state index < -0.39 is 5.97 Å². The van der Waals surface area contributed by atoms with Crippen LogP contribution in [0.4, 0.5) is 0 Å². The van der Waals surface area contributed by atoms with Gasteiger partial charge in [0, 0.05) is 28.1 Å². The van der Waals surface area contributed by atoms with Crippen LogP contribution in [-0.2, 0) is 16.1 Å². The Balaban J connectivity index is 1.71. The van der Waals surface area contributed by atoms with Gasteiger partial charge in [0.25, 0.3) is 0 Å². The molecule has 5 nitrogen and oxygen atoms in total. The molecule has 0 aliphatic rings. The summed E-state index contributed by atoms with van der Waals surface area (Å²) in [7, 11) is 2.98. The number of fused-ring (bicyclic) bond motifs is 1. The highest BCUT2D eigenvalue weighted by Crippen LogP contribution is 2.35. The van der Waals surface area contributed by atoms with Crippen LogP contribution in [0.15, 0.2) is 40.8 Å². The van der Waals surface area contributed by atoms with Gasteiger partial charge in [-0.15, -0.1) is 11.3 Å². The van der Waals surface area contributed by atoms with Crippen molar-refractivity contribution < 1.29 is 18.7 Å². The van der Waals surface area contributed by atoms with Gasteiger partial charge in [-0.3, -0.25) is 4.79 Å². The fourth-order valence-electron chi connectivity index (χ4n) is 2.66. The second-order valence-corrected chi connectivity index (χ2v) is 7.44. The number of esters is 1. The first-order valence-electron chi connectivity index (χ1n) is 8.18. The largest absolute Gasteiger partial charge is 0.465 e. The maximum atomic E-state index is 12.4. The number of nitrogens with zero attached hydrogens (tertiary/aromatic N) is 1. The van der Waals surface area contributed by atoms with Gasteiger partial charge < -0.3 is 14.1 Å². The summed E-state index contributed by atoms with van der Waals surface area (Å²) in [4.78, 5) is 26.4. The highest BCUT2D eigenvalue weighted by molar-refractivity contribution is 7.20. The molecule has 0 aliphatic carbocycles. The second kappa shape index (κ2) is 7.98. The third-order valence-electron chi connectivity index (χ3n) is 4.08. The van der Waals surface area contributed by atoms with E-state index in [-0.39, 0.29) is 12.5 Å². The van der Waals surface area contributed by atoms with Gasteiger partial charge in [-0.05, 0) is 25.1 Å². The van der Waals surface area contributed by atoms with Gasteiger partial charge in [-0.1, -0.05) is 29.8 Å². The van der Waals surface area contributed by atoms with Crippen molar-refractivity contribution in [1.29, 1.82) is 0 Å². The average Bonchev–Trinajstić information content (AvgIpc) is 3.19. The summed E-state index contributed by atoms with van der Waals surface area (Å²) < 4.78 is 11.3. The molecule has 0 unspecified atom stereocenters. The Hall–Kier alpha value is -2.57. The molecule has 0 saturated carbocycles. The van der Waals surface area contributed by atoms with Crippen molar-refractivity contribution in [2.75, 3.05) is 14.2 Å². The molecular formula is C20H18ClNO4S. The zero-order valence-corrected chi connectivity index (χ0v) is 16.7. The molecule has 1 aromatic carbocycles. The van der Waals surface area contributed by atoms with E-state index in [1.807, 2.05) is 24.3 Å². The SMILES string of the molecule is COC(=O)c1cc(CN(C)C(=O)/C=C/c2sc3ccccc3c2Cl)oc1C. The lowest BCUT2D eigenvalue weighted by molar-refractivity contribution is -0.125. The number of rotatable bonds is 5. The summed E-state index contributed by atoms with van der Waals surface area (Å²) in [6, 6.07) is 9.43. The van der Waals surface area contributed by atoms with Crippen LogP contribution in [0.3, 0.4) is 0 Å². The van der Waals surface area contributed by atoms with Gasteiger partial charge in [0.05, 0.1) is 18.7 Å². The average molecular weight is 404 g/mol. The monoisotopic (exact) mass is 403 g/mol. The van der Waals surface area contributed by atoms with Crippen molar-refractivity contribution in [2.45, 2.75) is 13.5 Å². The fourth-order valence-corrected chi connectivity index (χ4v) is 4.06. The molecule has 7 heteroatoms. The van der Waals surface area contributed by atoms with Crippen LogP contribution in [0.2, 0.25) is 5.02 Å². The minimum absolute atomic E-state index is 0.197. The summed E-state index contributed by atoms with van der Waals surface area (Å²) in [5.41, 5.74) is 0.362. The van der Waals surface area contributed by atoms with Crippen LogP contribution in [0.25, 0.3) is 16.2 Å². The number of hydrogen-bond acceptors (Lipinski definition) is 5. The molecule has 140 valence electrons. The van der Waals surface area contributed by atoms with Crippen molar-refractivity contribution >= 4 is 51.0 Å². The quantitative estimate of drug-likeness (QED) is 0.448. The van der Waals surface area contributed by atoms with E-state index in [1.54, 1.807) is 26.1 Å². The Morgan fingerprint density at radius 2 is 2.07 bits per heavy atom. The number of carbonyl (C=O) groups is 2. The normalized spacial score (nSPS) is 11.3. The number of amides is 1. The van der Waals surface area contributed by atoms with E-state index in [9.17, 15) is 9.59 Å². The summed E-state index contributed by atoms with van der Waals surface area (Å²) >= 11 is 7.92. The lowest BCUT2D eigenvalue weighted by atomic mass is 10.2. The van der Waals surface area contributed by atoms with E-state index in [0.29, 0.717) is 22.1 Å². The third kappa shape index (κ3) is 4.07. The Bertz CT molecular complexity index is 1030. The zero-order valence-electron chi connectivity index (χ0n) is 15.1. The van der Waals surface area contributed by atoms with Crippen molar-refractivity contribution in [1.82, 2.24) is 4.90 Å². The van der Waals surface area contributed by atoms with Gasteiger partial charge in [0.1, 0.15) is 17.1 Å². The lowest BCUT2D eigenvalue weighted by Gasteiger charge is -2.12. The number of thiophene rings is 1. The smallest absolute Gasteiger partial charge is 0.341 e. The molecule has 27 heavy (non-hydrogen) atoms. The maximum Gasteiger partial charge on any atom is 0.341 e. The van der Waals surface area contributed by atoms with Gasteiger partial charge in [0.15, 0.2) is 0 Å². The van der Waals surface area contributed by atoms with E-state index in [0.717, 1.165) is 15.0 Å². The van der Waals surface area contributed by atoms with E-state index in [4.69, 9.17) is 20.8 Å². The van der Waals surface area contributed by atoms with Gasteiger partial charge in [0.2, 0.25) is 5.91 Å². The zero-order chi connectivity index (χ0) is 19.6. The topological polar surface area (TPSA) is 59.8 Å².